The van der Waals surface area contributed by atoms with Gasteiger partial charge in [-0.3, -0.25) is 0 Å². The van der Waals surface area contributed by atoms with E-state index in [1.807, 2.05) is 0 Å². The van der Waals surface area contributed by atoms with Crippen LogP contribution < -0.4 is 16.2 Å². The lowest BCUT2D eigenvalue weighted by Gasteiger charge is -2.36. The van der Waals surface area contributed by atoms with Crippen LogP contribution in [0.5, 0.6) is 0 Å². The first-order valence-electron chi connectivity index (χ1n) is 7.80. The highest BCUT2D eigenvalue weighted by Crippen LogP contribution is 2.35. The molecule has 0 aromatic heterocycles. The molecule has 4 rings (SSSR count). The zero-order chi connectivity index (χ0) is 13.4. The van der Waals surface area contributed by atoms with Gasteiger partial charge >= 0.3 is 0 Å². The van der Waals surface area contributed by atoms with Crippen molar-refractivity contribution in [3.63, 3.8) is 0 Å². The number of fused-ring (bicyclic) bond motifs is 2. The van der Waals surface area contributed by atoms with Gasteiger partial charge in [-0.1, -0.05) is 59.5 Å². The van der Waals surface area contributed by atoms with E-state index in [-0.39, 0.29) is 0 Å². The first kappa shape index (κ1) is 12.2. The van der Waals surface area contributed by atoms with E-state index in [9.17, 15) is 0 Å². The Morgan fingerprint density at radius 2 is 1.55 bits per heavy atom. The zero-order valence-corrected chi connectivity index (χ0v) is 11.8. The van der Waals surface area contributed by atoms with E-state index < -0.39 is 0 Å². The van der Waals surface area contributed by atoms with Gasteiger partial charge < -0.3 is 5.32 Å². The third-order valence-electron chi connectivity index (χ3n) is 4.97. The van der Waals surface area contributed by atoms with Crippen LogP contribution in [0.15, 0.2) is 48.5 Å². The average Bonchev–Trinajstić information content (AvgIpc) is 2.53. The normalized spacial score (nSPS) is 21.7. The summed E-state index contributed by atoms with van der Waals surface area (Å²) in [7, 11) is 1.10. The van der Waals surface area contributed by atoms with Gasteiger partial charge in [-0.2, -0.15) is 0 Å². The third kappa shape index (κ3) is 1.99. The minimum atomic E-state index is 0.587. The van der Waals surface area contributed by atoms with Crippen LogP contribution in [0, 0.1) is 5.92 Å². The monoisotopic (exact) mass is 261 g/mol. The van der Waals surface area contributed by atoms with Crippen LogP contribution in [0.4, 0.5) is 0 Å². The summed E-state index contributed by atoms with van der Waals surface area (Å²) in [5.41, 5.74) is 6.20. The largest absolute Gasteiger partial charge is 0.316 e. The molecule has 1 nitrogen and oxygen atoms in total. The Bertz CT molecular complexity index is 571. The van der Waals surface area contributed by atoms with Crippen molar-refractivity contribution in [2.75, 3.05) is 13.1 Å². The molecule has 2 aliphatic rings. The number of hydrogen-bond donors (Lipinski definition) is 1. The second-order valence-corrected chi connectivity index (χ2v) is 6.16. The molecule has 1 saturated heterocycles. The highest BCUT2D eigenvalue weighted by molar-refractivity contribution is 6.69. The Balaban J connectivity index is 1.83. The van der Waals surface area contributed by atoms with Crippen molar-refractivity contribution in [2.24, 2.45) is 5.92 Å². The fraction of sp³-hybridized carbons (Fsp3) is 0.333. The van der Waals surface area contributed by atoms with E-state index in [1.54, 1.807) is 11.1 Å². The molecule has 2 heteroatoms. The summed E-state index contributed by atoms with van der Waals surface area (Å²) >= 11 is 0. The van der Waals surface area contributed by atoms with Crippen LogP contribution >= 0.6 is 0 Å². The first-order valence-corrected chi connectivity index (χ1v) is 7.80. The molecular weight excluding hydrogens is 241 g/mol. The number of benzene rings is 2. The Morgan fingerprint density at radius 3 is 2.15 bits per heavy atom. The van der Waals surface area contributed by atoms with Crippen LogP contribution in [-0.4, -0.2) is 20.4 Å². The van der Waals surface area contributed by atoms with Gasteiger partial charge in [0.15, 0.2) is 7.28 Å². The first-order chi connectivity index (χ1) is 9.93. The Kier molecular flexibility index (Phi) is 3.12. The summed E-state index contributed by atoms with van der Waals surface area (Å²) in [6, 6.07) is 18.1. The topological polar surface area (TPSA) is 12.0 Å². The molecular formula is C18H20BN. The zero-order valence-electron chi connectivity index (χ0n) is 11.8. The van der Waals surface area contributed by atoms with E-state index in [2.05, 4.69) is 53.8 Å². The van der Waals surface area contributed by atoms with Crippen molar-refractivity contribution >= 4 is 18.2 Å². The van der Waals surface area contributed by atoms with Crippen LogP contribution in [0.3, 0.4) is 0 Å². The maximum atomic E-state index is 3.59. The molecule has 0 aliphatic carbocycles. The van der Waals surface area contributed by atoms with Crippen molar-refractivity contribution in [2.45, 2.75) is 18.8 Å². The molecule has 2 aromatic carbocycles. The number of rotatable bonds is 1. The summed E-state index contributed by atoms with van der Waals surface area (Å²) in [6.45, 7) is 2.35. The van der Waals surface area contributed by atoms with E-state index in [0.717, 1.165) is 19.7 Å². The molecule has 0 saturated carbocycles. The molecule has 0 spiro atoms. The fourth-order valence-corrected chi connectivity index (χ4v) is 4.04. The van der Waals surface area contributed by atoms with Gasteiger partial charge in [-0.05, 0) is 43.0 Å². The van der Waals surface area contributed by atoms with Crippen molar-refractivity contribution < 1.29 is 0 Å². The van der Waals surface area contributed by atoms with Crippen molar-refractivity contribution in [1.82, 2.24) is 5.32 Å². The molecule has 0 radical (unpaired) electrons. The maximum Gasteiger partial charge on any atom is 0.193 e. The number of nitrogens with one attached hydrogen (secondary N) is 1. The van der Waals surface area contributed by atoms with Crippen LogP contribution in [-0.2, 0) is 0 Å². The molecule has 2 aromatic rings. The Morgan fingerprint density at radius 1 is 0.900 bits per heavy atom. The standard InChI is InChI=1S/C18H20BN/c1-3-9-16-14(7-1)18(13-6-5-11-20-12-13)15-8-2-4-10-17(15)19-16/h1-4,7-10,13,18-20H,5-6,11-12H2. The summed E-state index contributed by atoms with van der Waals surface area (Å²) < 4.78 is 0. The lowest BCUT2D eigenvalue weighted by Crippen LogP contribution is -2.44. The quantitative estimate of drug-likeness (QED) is 0.767. The minimum Gasteiger partial charge on any atom is -0.316 e. The van der Waals surface area contributed by atoms with Gasteiger partial charge in [-0.15, -0.1) is 0 Å². The van der Waals surface area contributed by atoms with E-state index in [4.69, 9.17) is 0 Å². The summed E-state index contributed by atoms with van der Waals surface area (Å²) in [5, 5.41) is 3.59. The second kappa shape index (κ2) is 5.10. The molecule has 0 bridgehead atoms. The Labute approximate surface area is 121 Å². The highest BCUT2D eigenvalue weighted by Gasteiger charge is 2.32. The van der Waals surface area contributed by atoms with Gasteiger partial charge in [-0.25, -0.2) is 0 Å². The molecule has 2 heterocycles. The van der Waals surface area contributed by atoms with E-state index >= 15 is 0 Å². The summed E-state index contributed by atoms with van der Waals surface area (Å²) in [4.78, 5) is 0. The van der Waals surface area contributed by atoms with E-state index in [1.165, 1.54) is 30.3 Å². The van der Waals surface area contributed by atoms with Gasteiger partial charge in [0.1, 0.15) is 0 Å². The molecule has 1 fully saturated rings. The van der Waals surface area contributed by atoms with Crippen LogP contribution in [0.1, 0.15) is 29.9 Å². The van der Waals surface area contributed by atoms with Crippen LogP contribution in [0.2, 0.25) is 0 Å². The van der Waals surface area contributed by atoms with Crippen molar-refractivity contribution in [3.8, 4) is 0 Å². The highest BCUT2D eigenvalue weighted by atomic mass is 14.9. The second-order valence-electron chi connectivity index (χ2n) is 6.16. The Hall–Kier alpha value is -1.54. The van der Waals surface area contributed by atoms with E-state index in [0.29, 0.717) is 5.92 Å². The van der Waals surface area contributed by atoms with Crippen molar-refractivity contribution in [1.29, 1.82) is 0 Å². The van der Waals surface area contributed by atoms with Gasteiger partial charge in [0.2, 0.25) is 0 Å². The molecule has 2 aliphatic heterocycles. The van der Waals surface area contributed by atoms with Crippen LogP contribution in [0.25, 0.3) is 0 Å². The summed E-state index contributed by atoms with van der Waals surface area (Å²) in [5.74, 6) is 1.33. The SMILES string of the molecule is B1c2ccccc2C(C2CCCNC2)c2ccccc21. The molecule has 1 N–H and O–H groups in total. The lowest BCUT2D eigenvalue weighted by molar-refractivity contribution is 0.347. The molecule has 100 valence electrons. The molecule has 0 amide bonds. The predicted molar refractivity (Wildman–Crippen MR) is 86.7 cm³/mol. The number of hydrogen-bond acceptors (Lipinski definition) is 1. The fourth-order valence-electron chi connectivity index (χ4n) is 4.04. The molecule has 1 atom stereocenters. The van der Waals surface area contributed by atoms with Gasteiger partial charge in [0, 0.05) is 5.92 Å². The predicted octanol–water partition coefficient (Wildman–Crippen LogP) is 1.52. The smallest absolute Gasteiger partial charge is 0.193 e. The van der Waals surface area contributed by atoms with Gasteiger partial charge in [0.05, 0.1) is 0 Å². The molecule has 20 heavy (non-hydrogen) atoms. The summed E-state index contributed by atoms with van der Waals surface area (Å²) in [6.07, 6.45) is 2.66. The maximum absolute atomic E-state index is 3.59. The van der Waals surface area contributed by atoms with Gasteiger partial charge in [0.25, 0.3) is 0 Å². The minimum absolute atomic E-state index is 0.587. The molecule has 1 unspecified atom stereocenters. The third-order valence-corrected chi connectivity index (χ3v) is 4.97. The lowest BCUT2D eigenvalue weighted by atomic mass is 9.52. The van der Waals surface area contributed by atoms with Crippen molar-refractivity contribution in [3.05, 3.63) is 59.7 Å². The number of piperidine rings is 1. The average molecular weight is 261 g/mol.